The van der Waals surface area contributed by atoms with Crippen LogP contribution < -0.4 is 11.1 Å². The quantitative estimate of drug-likeness (QED) is 0.778. The van der Waals surface area contributed by atoms with E-state index in [2.05, 4.69) is 23.3 Å². The van der Waals surface area contributed by atoms with Gasteiger partial charge < -0.3 is 16.0 Å². The molecule has 4 heteroatoms. The van der Waals surface area contributed by atoms with Crippen molar-refractivity contribution in [1.29, 1.82) is 0 Å². The third-order valence-electron chi connectivity index (χ3n) is 4.15. The fourth-order valence-corrected chi connectivity index (χ4v) is 2.68. The Labute approximate surface area is 118 Å². The maximum Gasteiger partial charge on any atom is 0.237 e. The Kier molecular flexibility index (Phi) is 3.49. The predicted molar refractivity (Wildman–Crippen MR) is 80.3 cm³/mol. The van der Waals surface area contributed by atoms with E-state index >= 15 is 0 Å². The molecule has 2 aromatic rings. The lowest BCUT2D eigenvalue weighted by atomic mass is 10.0. The van der Waals surface area contributed by atoms with Gasteiger partial charge in [-0.15, -0.1) is 0 Å². The van der Waals surface area contributed by atoms with Crippen LogP contribution in [0.4, 0.5) is 0 Å². The van der Waals surface area contributed by atoms with Crippen molar-refractivity contribution >= 4 is 16.8 Å². The fourth-order valence-electron chi connectivity index (χ4n) is 2.68. The summed E-state index contributed by atoms with van der Waals surface area (Å²) in [6.45, 7) is 2.06. The number of rotatable bonds is 5. The Balaban J connectivity index is 1.65. The lowest BCUT2D eigenvalue weighted by Crippen LogP contribution is -2.46. The summed E-state index contributed by atoms with van der Waals surface area (Å²) in [5.41, 5.74) is 8.23. The summed E-state index contributed by atoms with van der Waals surface area (Å²) >= 11 is 0. The molecule has 1 aliphatic rings. The minimum absolute atomic E-state index is 0.0466. The molecular formula is C16H21N3O. The van der Waals surface area contributed by atoms with Gasteiger partial charge in [-0.3, -0.25) is 4.79 Å². The van der Waals surface area contributed by atoms with Crippen LogP contribution in [-0.2, 0) is 11.2 Å². The molecule has 2 atom stereocenters. The lowest BCUT2D eigenvalue weighted by molar-refractivity contribution is -0.123. The number of amides is 1. The molecule has 0 saturated heterocycles. The van der Waals surface area contributed by atoms with Gasteiger partial charge >= 0.3 is 0 Å². The third-order valence-corrected chi connectivity index (χ3v) is 4.15. The molecule has 0 bridgehead atoms. The first-order valence-electron chi connectivity index (χ1n) is 7.26. The zero-order chi connectivity index (χ0) is 14.1. The Morgan fingerprint density at radius 2 is 2.20 bits per heavy atom. The Morgan fingerprint density at radius 1 is 1.45 bits per heavy atom. The molecule has 20 heavy (non-hydrogen) atoms. The van der Waals surface area contributed by atoms with Crippen molar-refractivity contribution in [2.45, 2.75) is 38.3 Å². The fraction of sp³-hybridized carbons (Fsp3) is 0.438. The molecular weight excluding hydrogens is 250 g/mol. The Bertz CT molecular complexity index is 615. The topological polar surface area (TPSA) is 70.9 Å². The van der Waals surface area contributed by atoms with Crippen LogP contribution in [-0.4, -0.2) is 23.0 Å². The summed E-state index contributed by atoms with van der Waals surface area (Å²) in [7, 11) is 0. The molecule has 1 aromatic carbocycles. The van der Waals surface area contributed by atoms with Crippen molar-refractivity contribution in [3.05, 3.63) is 36.0 Å². The van der Waals surface area contributed by atoms with Crippen molar-refractivity contribution < 1.29 is 4.79 Å². The van der Waals surface area contributed by atoms with Gasteiger partial charge in [-0.25, -0.2) is 0 Å². The molecule has 0 radical (unpaired) electrons. The minimum atomic E-state index is -0.490. The highest BCUT2D eigenvalue weighted by Gasteiger charge is 2.30. The van der Waals surface area contributed by atoms with Crippen molar-refractivity contribution in [2.24, 2.45) is 11.7 Å². The highest BCUT2D eigenvalue weighted by Crippen LogP contribution is 2.32. The van der Waals surface area contributed by atoms with Crippen molar-refractivity contribution in [2.75, 3.05) is 0 Å². The van der Waals surface area contributed by atoms with E-state index in [4.69, 9.17) is 5.73 Å². The zero-order valence-electron chi connectivity index (χ0n) is 11.7. The van der Waals surface area contributed by atoms with Gasteiger partial charge in [0.25, 0.3) is 0 Å². The number of nitrogens with one attached hydrogen (secondary N) is 2. The highest BCUT2D eigenvalue weighted by molar-refractivity contribution is 5.86. The number of carbonyl (C=O) groups excluding carboxylic acids is 1. The third kappa shape index (κ3) is 2.70. The van der Waals surface area contributed by atoms with Gasteiger partial charge in [0, 0.05) is 23.1 Å². The van der Waals surface area contributed by atoms with Crippen LogP contribution in [0.25, 0.3) is 10.9 Å². The number of carbonyl (C=O) groups is 1. The van der Waals surface area contributed by atoms with Gasteiger partial charge in [0.15, 0.2) is 0 Å². The van der Waals surface area contributed by atoms with Crippen LogP contribution in [0.2, 0.25) is 0 Å². The molecule has 1 fully saturated rings. The van der Waals surface area contributed by atoms with E-state index in [-0.39, 0.29) is 11.9 Å². The zero-order valence-corrected chi connectivity index (χ0v) is 11.7. The number of aromatic nitrogens is 1. The highest BCUT2D eigenvalue weighted by atomic mass is 16.2. The molecule has 4 nitrogen and oxygen atoms in total. The molecule has 0 aliphatic heterocycles. The van der Waals surface area contributed by atoms with Gasteiger partial charge in [-0.1, -0.05) is 18.2 Å². The SMILES string of the molecule is CC(NC(=O)[C@H](N)Cc1c[nH]c2ccccc12)C1CC1. The smallest absolute Gasteiger partial charge is 0.237 e. The predicted octanol–water partition coefficient (Wildman–Crippen LogP) is 1.95. The monoisotopic (exact) mass is 271 g/mol. The summed E-state index contributed by atoms with van der Waals surface area (Å²) in [5.74, 6) is 0.605. The number of aromatic amines is 1. The molecule has 106 valence electrons. The van der Waals surface area contributed by atoms with E-state index < -0.39 is 6.04 Å². The summed E-state index contributed by atoms with van der Waals surface area (Å²) in [5, 5.41) is 4.17. The number of fused-ring (bicyclic) bond motifs is 1. The Hall–Kier alpha value is -1.81. The van der Waals surface area contributed by atoms with E-state index in [1.807, 2.05) is 24.4 Å². The minimum Gasteiger partial charge on any atom is -0.361 e. The van der Waals surface area contributed by atoms with Crippen LogP contribution >= 0.6 is 0 Å². The summed E-state index contributed by atoms with van der Waals surface area (Å²) < 4.78 is 0. The summed E-state index contributed by atoms with van der Waals surface area (Å²) in [4.78, 5) is 15.3. The molecule has 1 aliphatic carbocycles. The van der Waals surface area contributed by atoms with Gasteiger partial charge in [-0.05, 0) is 43.7 Å². The molecule has 1 unspecified atom stereocenters. The second kappa shape index (κ2) is 5.29. The average molecular weight is 271 g/mol. The van der Waals surface area contributed by atoms with Crippen molar-refractivity contribution in [3.8, 4) is 0 Å². The lowest BCUT2D eigenvalue weighted by Gasteiger charge is -2.17. The van der Waals surface area contributed by atoms with Gasteiger partial charge in [0.05, 0.1) is 6.04 Å². The first-order chi connectivity index (χ1) is 9.65. The largest absolute Gasteiger partial charge is 0.361 e. The molecule has 1 saturated carbocycles. The van der Waals surface area contributed by atoms with Crippen LogP contribution in [0.5, 0.6) is 0 Å². The second-order valence-electron chi connectivity index (χ2n) is 5.80. The van der Waals surface area contributed by atoms with E-state index in [9.17, 15) is 4.79 Å². The van der Waals surface area contributed by atoms with Crippen LogP contribution in [0.3, 0.4) is 0 Å². The van der Waals surface area contributed by atoms with Gasteiger partial charge in [0.1, 0.15) is 0 Å². The normalized spacial score (nSPS) is 17.9. The molecule has 3 rings (SSSR count). The molecule has 0 spiro atoms. The number of benzene rings is 1. The first-order valence-corrected chi connectivity index (χ1v) is 7.26. The van der Waals surface area contributed by atoms with E-state index in [0.29, 0.717) is 12.3 Å². The number of para-hydroxylation sites is 1. The van der Waals surface area contributed by atoms with Crippen molar-refractivity contribution in [1.82, 2.24) is 10.3 Å². The summed E-state index contributed by atoms with van der Waals surface area (Å²) in [6.07, 6.45) is 4.95. The van der Waals surface area contributed by atoms with Crippen LogP contribution in [0.1, 0.15) is 25.3 Å². The number of H-pyrrole nitrogens is 1. The standard InChI is InChI=1S/C16H21N3O/c1-10(11-6-7-11)19-16(20)14(17)8-12-9-18-15-5-3-2-4-13(12)15/h2-5,9-11,14,18H,6-8,17H2,1H3,(H,19,20)/t10?,14-/m1/s1. The number of hydrogen-bond acceptors (Lipinski definition) is 2. The molecule has 1 amide bonds. The Morgan fingerprint density at radius 3 is 2.95 bits per heavy atom. The van der Waals surface area contributed by atoms with E-state index in [1.54, 1.807) is 0 Å². The first kappa shape index (κ1) is 13.2. The van der Waals surface area contributed by atoms with E-state index in [0.717, 1.165) is 16.5 Å². The van der Waals surface area contributed by atoms with Crippen molar-refractivity contribution in [3.63, 3.8) is 0 Å². The van der Waals surface area contributed by atoms with Gasteiger partial charge in [0.2, 0.25) is 5.91 Å². The molecule has 4 N–H and O–H groups in total. The van der Waals surface area contributed by atoms with E-state index in [1.165, 1.54) is 12.8 Å². The maximum absolute atomic E-state index is 12.1. The second-order valence-corrected chi connectivity index (χ2v) is 5.80. The molecule has 1 aromatic heterocycles. The van der Waals surface area contributed by atoms with Crippen LogP contribution in [0, 0.1) is 5.92 Å². The number of hydrogen-bond donors (Lipinski definition) is 3. The number of nitrogens with two attached hydrogens (primary N) is 1. The molecule has 1 heterocycles. The summed E-state index contributed by atoms with van der Waals surface area (Å²) in [6, 6.07) is 7.83. The maximum atomic E-state index is 12.1. The van der Waals surface area contributed by atoms with Gasteiger partial charge in [-0.2, -0.15) is 0 Å². The van der Waals surface area contributed by atoms with Crippen LogP contribution in [0.15, 0.2) is 30.5 Å². The average Bonchev–Trinajstić information content (AvgIpc) is 3.22.